The van der Waals surface area contributed by atoms with Gasteiger partial charge in [0.05, 0.1) is 34.5 Å². The van der Waals surface area contributed by atoms with Gasteiger partial charge >= 0.3 is 0 Å². The standard InChI is InChI=1S/C11H16BrN5S/c1-16(2)3-4-17-11(8(12)5-15-17)10(13)9-6-14-7-18-9/h5-7,10H,3-4,13H2,1-2H3. The van der Waals surface area contributed by atoms with Crippen molar-refractivity contribution < 1.29 is 0 Å². The van der Waals surface area contributed by atoms with E-state index in [9.17, 15) is 0 Å². The molecular formula is C11H16BrN5S. The molecule has 2 aromatic heterocycles. The number of aromatic nitrogens is 3. The van der Waals surface area contributed by atoms with Crippen molar-refractivity contribution in [3.8, 4) is 0 Å². The van der Waals surface area contributed by atoms with Crippen LogP contribution in [0.1, 0.15) is 16.6 Å². The normalized spacial score (nSPS) is 13.2. The van der Waals surface area contributed by atoms with E-state index in [0.717, 1.165) is 28.1 Å². The van der Waals surface area contributed by atoms with E-state index in [-0.39, 0.29) is 6.04 Å². The molecule has 0 aliphatic heterocycles. The minimum atomic E-state index is -0.184. The van der Waals surface area contributed by atoms with Gasteiger partial charge in [0.2, 0.25) is 0 Å². The van der Waals surface area contributed by atoms with Crippen LogP contribution < -0.4 is 5.73 Å². The maximum atomic E-state index is 6.28. The zero-order chi connectivity index (χ0) is 13.1. The number of rotatable bonds is 5. The SMILES string of the molecule is CN(C)CCn1ncc(Br)c1C(N)c1cncs1. The van der Waals surface area contributed by atoms with E-state index < -0.39 is 0 Å². The van der Waals surface area contributed by atoms with Crippen LogP contribution >= 0.6 is 27.3 Å². The van der Waals surface area contributed by atoms with Crippen LogP contribution in [0.5, 0.6) is 0 Å². The molecule has 0 radical (unpaired) electrons. The molecule has 18 heavy (non-hydrogen) atoms. The molecule has 0 saturated heterocycles. The zero-order valence-corrected chi connectivity index (χ0v) is 12.8. The maximum absolute atomic E-state index is 6.28. The number of likely N-dealkylation sites (N-methyl/N-ethyl adjacent to an activating group) is 1. The Balaban J connectivity index is 2.23. The molecule has 7 heteroatoms. The summed E-state index contributed by atoms with van der Waals surface area (Å²) in [4.78, 5) is 7.24. The highest BCUT2D eigenvalue weighted by Gasteiger charge is 2.19. The van der Waals surface area contributed by atoms with Crippen LogP contribution in [-0.4, -0.2) is 40.3 Å². The Morgan fingerprint density at radius 3 is 2.89 bits per heavy atom. The van der Waals surface area contributed by atoms with Crippen LogP contribution in [0.25, 0.3) is 0 Å². The third-order valence-electron chi connectivity index (χ3n) is 2.64. The van der Waals surface area contributed by atoms with Crippen LogP contribution in [0.2, 0.25) is 0 Å². The average molecular weight is 330 g/mol. The second-order valence-corrected chi connectivity index (χ2v) is 6.06. The van der Waals surface area contributed by atoms with Crippen molar-refractivity contribution in [3.05, 3.63) is 32.9 Å². The Kier molecular flexibility index (Phi) is 4.50. The van der Waals surface area contributed by atoms with E-state index in [2.05, 4.69) is 30.9 Å². The molecule has 1 unspecified atom stereocenters. The second kappa shape index (κ2) is 5.92. The van der Waals surface area contributed by atoms with Gasteiger partial charge in [-0.15, -0.1) is 11.3 Å². The van der Waals surface area contributed by atoms with Crippen molar-refractivity contribution in [2.45, 2.75) is 12.6 Å². The van der Waals surface area contributed by atoms with Gasteiger partial charge in [0, 0.05) is 17.6 Å². The lowest BCUT2D eigenvalue weighted by atomic mass is 10.2. The monoisotopic (exact) mass is 329 g/mol. The minimum Gasteiger partial charge on any atom is -0.318 e. The number of nitrogens with two attached hydrogens (primary N) is 1. The molecule has 2 N–H and O–H groups in total. The minimum absolute atomic E-state index is 0.184. The van der Waals surface area contributed by atoms with E-state index >= 15 is 0 Å². The van der Waals surface area contributed by atoms with Crippen LogP contribution in [0.4, 0.5) is 0 Å². The fourth-order valence-electron chi connectivity index (χ4n) is 1.67. The Bertz CT molecular complexity index is 494. The van der Waals surface area contributed by atoms with E-state index in [1.807, 2.05) is 25.0 Å². The molecular weight excluding hydrogens is 314 g/mol. The average Bonchev–Trinajstić information content (AvgIpc) is 2.94. The molecule has 0 amide bonds. The number of hydrogen-bond donors (Lipinski definition) is 1. The molecule has 2 heterocycles. The van der Waals surface area contributed by atoms with Gasteiger partial charge in [0.1, 0.15) is 0 Å². The van der Waals surface area contributed by atoms with E-state index in [1.165, 1.54) is 0 Å². The van der Waals surface area contributed by atoms with Crippen molar-refractivity contribution >= 4 is 27.3 Å². The van der Waals surface area contributed by atoms with E-state index in [1.54, 1.807) is 23.0 Å². The van der Waals surface area contributed by atoms with E-state index in [0.29, 0.717) is 0 Å². The van der Waals surface area contributed by atoms with Crippen molar-refractivity contribution in [3.63, 3.8) is 0 Å². The van der Waals surface area contributed by atoms with Gasteiger partial charge in [-0.1, -0.05) is 0 Å². The largest absolute Gasteiger partial charge is 0.318 e. The predicted octanol–water partition coefficient (Wildman–Crippen LogP) is 1.71. The molecule has 0 aliphatic rings. The molecule has 0 aliphatic carbocycles. The highest BCUT2D eigenvalue weighted by molar-refractivity contribution is 9.10. The Morgan fingerprint density at radius 2 is 2.28 bits per heavy atom. The lowest BCUT2D eigenvalue weighted by molar-refractivity contribution is 0.368. The summed E-state index contributed by atoms with van der Waals surface area (Å²) in [6.45, 7) is 1.75. The van der Waals surface area contributed by atoms with Gasteiger partial charge in [-0.3, -0.25) is 9.67 Å². The molecule has 0 aromatic carbocycles. The topological polar surface area (TPSA) is 60.0 Å². The molecule has 2 rings (SSSR count). The summed E-state index contributed by atoms with van der Waals surface area (Å²) in [5, 5.41) is 4.37. The smallest absolute Gasteiger partial charge is 0.0844 e. The van der Waals surface area contributed by atoms with Gasteiger partial charge in [-0.2, -0.15) is 5.10 Å². The Hall–Kier alpha value is -0.760. The van der Waals surface area contributed by atoms with Crippen LogP contribution in [0.3, 0.4) is 0 Å². The van der Waals surface area contributed by atoms with Gasteiger partial charge in [0.15, 0.2) is 0 Å². The van der Waals surface area contributed by atoms with Crippen molar-refractivity contribution in [1.29, 1.82) is 0 Å². The zero-order valence-electron chi connectivity index (χ0n) is 10.4. The van der Waals surface area contributed by atoms with E-state index in [4.69, 9.17) is 5.73 Å². The van der Waals surface area contributed by atoms with Gasteiger partial charge in [-0.05, 0) is 30.0 Å². The van der Waals surface area contributed by atoms with Crippen LogP contribution in [0, 0.1) is 0 Å². The first kappa shape index (κ1) is 13.7. The first-order valence-electron chi connectivity index (χ1n) is 5.59. The number of hydrogen-bond acceptors (Lipinski definition) is 5. The Morgan fingerprint density at radius 1 is 1.50 bits per heavy atom. The van der Waals surface area contributed by atoms with Crippen LogP contribution in [0.15, 0.2) is 22.4 Å². The lowest BCUT2D eigenvalue weighted by Gasteiger charge is -2.15. The highest BCUT2D eigenvalue weighted by Crippen LogP contribution is 2.28. The summed E-state index contributed by atoms with van der Waals surface area (Å²) >= 11 is 5.08. The molecule has 0 fully saturated rings. The van der Waals surface area contributed by atoms with Gasteiger partial charge < -0.3 is 10.6 Å². The molecule has 0 spiro atoms. The quantitative estimate of drug-likeness (QED) is 0.907. The molecule has 98 valence electrons. The first-order chi connectivity index (χ1) is 8.59. The molecule has 5 nitrogen and oxygen atoms in total. The number of thiazole rings is 1. The molecule has 0 bridgehead atoms. The molecule has 1 atom stereocenters. The lowest BCUT2D eigenvalue weighted by Crippen LogP contribution is -2.23. The fraction of sp³-hybridized carbons (Fsp3) is 0.455. The summed E-state index contributed by atoms with van der Waals surface area (Å²) < 4.78 is 2.90. The highest BCUT2D eigenvalue weighted by atomic mass is 79.9. The third kappa shape index (κ3) is 2.97. The number of nitrogens with zero attached hydrogens (tertiary/aromatic N) is 4. The summed E-state index contributed by atoms with van der Waals surface area (Å²) in [6, 6.07) is -0.184. The fourth-order valence-corrected chi connectivity index (χ4v) is 2.83. The van der Waals surface area contributed by atoms with Gasteiger partial charge in [0.25, 0.3) is 0 Å². The van der Waals surface area contributed by atoms with Crippen molar-refractivity contribution in [2.24, 2.45) is 5.73 Å². The predicted molar refractivity (Wildman–Crippen MR) is 76.6 cm³/mol. The summed E-state index contributed by atoms with van der Waals surface area (Å²) in [7, 11) is 4.09. The summed E-state index contributed by atoms with van der Waals surface area (Å²) in [5.41, 5.74) is 9.08. The summed E-state index contributed by atoms with van der Waals surface area (Å²) in [5.74, 6) is 0. The second-order valence-electron chi connectivity index (χ2n) is 4.29. The van der Waals surface area contributed by atoms with Crippen molar-refractivity contribution in [2.75, 3.05) is 20.6 Å². The third-order valence-corrected chi connectivity index (χ3v) is 4.11. The maximum Gasteiger partial charge on any atom is 0.0844 e. The Labute approximate surface area is 119 Å². The first-order valence-corrected chi connectivity index (χ1v) is 7.26. The van der Waals surface area contributed by atoms with Gasteiger partial charge in [-0.25, -0.2) is 0 Å². The van der Waals surface area contributed by atoms with Crippen LogP contribution in [-0.2, 0) is 6.54 Å². The summed E-state index contributed by atoms with van der Waals surface area (Å²) in [6.07, 6.45) is 3.61. The number of halogens is 1. The molecule has 2 aromatic rings. The van der Waals surface area contributed by atoms with Crippen molar-refractivity contribution in [1.82, 2.24) is 19.7 Å². The molecule has 0 saturated carbocycles.